The van der Waals surface area contributed by atoms with E-state index < -0.39 is 8.07 Å². The number of hydrogen-bond donors (Lipinski definition) is 1. The van der Waals surface area contributed by atoms with Crippen LogP contribution >= 0.6 is 0 Å². The predicted molar refractivity (Wildman–Crippen MR) is 322 cm³/mol. The van der Waals surface area contributed by atoms with Gasteiger partial charge in [0.2, 0.25) is 0 Å². The molecule has 8 heteroatoms. The van der Waals surface area contributed by atoms with Gasteiger partial charge in [-0.25, -0.2) is 9.97 Å². The van der Waals surface area contributed by atoms with E-state index in [-0.39, 0.29) is 54.9 Å². The van der Waals surface area contributed by atoms with Crippen molar-refractivity contribution < 1.29 is 26.2 Å². The second-order valence-electron chi connectivity index (χ2n) is 25.9. The molecule has 76 heavy (non-hydrogen) atoms. The van der Waals surface area contributed by atoms with Crippen LogP contribution in [-0.2, 0) is 37.3 Å². The first-order valence-corrected chi connectivity index (χ1v) is 30.5. The van der Waals surface area contributed by atoms with Gasteiger partial charge >= 0.3 is 0 Å². The van der Waals surface area contributed by atoms with Gasteiger partial charge in [0.25, 0.3) is 0 Å². The molecule has 390 valence electrons. The zero-order valence-electron chi connectivity index (χ0n) is 47.3. The number of phenolic OH excluding ortho intramolecular Hbond substituents is 1. The summed E-state index contributed by atoms with van der Waals surface area (Å²) in [7, 11) is -1.77. The first kappa shape index (κ1) is 53.0. The van der Waals surface area contributed by atoms with Crippen LogP contribution < -0.4 is 5.19 Å². The van der Waals surface area contributed by atoms with Crippen LogP contribution in [0.3, 0.4) is 0 Å². The molecular formula is C68H72N5OPtSi-. The molecule has 0 amide bonds. The normalized spacial score (nSPS) is 12.9. The fraction of sp³-hybridized carbons (Fsp3) is 0.309. The molecule has 0 unspecified atom stereocenters. The smallest absolute Gasteiger partial charge is 0.148 e. The summed E-state index contributed by atoms with van der Waals surface area (Å²) >= 11 is 0. The van der Waals surface area contributed by atoms with E-state index in [4.69, 9.17) is 15.0 Å². The summed E-state index contributed by atoms with van der Waals surface area (Å²) < 4.78 is 4.76. The van der Waals surface area contributed by atoms with E-state index in [1.54, 1.807) is 0 Å². The molecule has 0 saturated carbocycles. The summed E-state index contributed by atoms with van der Waals surface area (Å²) in [4.78, 5) is 16.4. The number of phenols is 1. The maximum absolute atomic E-state index is 12.9. The molecule has 11 rings (SSSR count). The molecule has 0 spiro atoms. The minimum atomic E-state index is -1.77. The number of fused-ring (bicyclic) bond motifs is 11. The third-order valence-electron chi connectivity index (χ3n) is 15.6. The predicted octanol–water partition coefficient (Wildman–Crippen LogP) is 17.9. The van der Waals surface area contributed by atoms with Crippen molar-refractivity contribution >= 4 is 73.4 Å². The molecule has 0 fully saturated rings. The molecule has 4 heterocycles. The molecule has 11 aromatic rings. The number of aromatic nitrogens is 5. The van der Waals surface area contributed by atoms with Gasteiger partial charge in [-0.05, 0) is 73.7 Å². The maximum Gasteiger partial charge on any atom is 0.148 e. The quantitative estimate of drug-likeness (QED) is 0.0981. The summed E-state index contributed by atoms with van der Waals surface area (Å²) in [6, 6.07) is 48.4. The van der Waals surface area contributed by atoms with Gasteiger partial charge in [0.1, 0.15) is 22.7 Å². The van der Waals surface area contributed by atoms with E-state index >= 15 is 0 Å². The summed E-state index contributed by atoms with van der Waals surface area (Å²) in [6.45, 7) is 36.8. The second-order valence-corrected chi connectivity index (χ2v) is 31.0. The maximum atomic E-state index is 12.9. The van der Waals surface area contributed by atoms with Crippen molar-refractivity contribution in [3.8, 4) is 45.2 Å². The standard InChI is InChI=1S/C68H72N5OSi.Pt/c1-39(2)51-35-46(75(14,15)16)36-52(40(3)4)61(51)73-62-47-24-18-17-23-41(47)32-53(60(62)71-65(73)54-33-45(67(8,9)10)34-55(63(54)74)68(11,12)13)42-29-43(31-44(30-42)66(5,6)7)56-37-59-57(38-69-56)70-64-50-27-20-19-25-48(50)49-26-21-22-28-58(49)72(59)64;/h17-28,30-40,74H,1-16H3;/q-1;. The Morgan fingerprint density at radius 3 is 1.78 bits per heavy atom. The Morgan fingerprint density at radius 1 is 0.579 bits per heavy atom. The van der Waals surface area contributed by atoms with Crippen molar-refractivity contribution in [2.75, 3.05) is 0 Å². The van der Waals surface area contributed by atoms with Crippen LogP contribution in [-0.4, -0.2) is 37.1 Å². The van der Waals surface area contributed by atoms with E-state index in [1.165, 1.54) is 32.6 Å². The SMILES string of the molecule is CC(C)c1cc([Si](C)(C)C)cc(C(C)C)c1-n1c(-c2cc(C(C)(C)C)cc(C(C)(C)C)c2O)nc2c(-c3[c-]c(-c4cc5c(cn4)nc4c6ccccc6c6ccccc6n54)cc(C(C)(C)C)c3)cc3ccccc3c21.[Pt]. The number of hydrogen-bond acceptors (Lipinski definition) is 4. The molecule has 7 aromatic carbocycles. The van der Waals surface area contributed by atoms with E-state index in [2.05, 4.69) is 246 Å². The zero-order chi connectivity index (χ0) is 53.4. The van der Waals surface area contributed by atoms with Gasteiger partial charge < -0.3 is 5.11 Å². The minimum Gasteiger partial charge on any atom is -0.507 e. The molecular weight excluding hydrogens is 1130 g/mol. The van der Waals surface area contributed by atoms with Gasteiger partial charge in [-0.15, -0.1) is 29.3 Å². The number of para-hydroxylation sites is 1. The average molecular weight is 1200 g/mol. The fourth-order valence-electron chi connectivity index (χ4n) is 11.2. The summed E-state index contributed by atoms with van der Waals surface area (Å²) in [6.07, 6.45) is 1.93. The molecule has 0 bridgehead atoms. The third kappa shape index (κ3) is 8.89. The largest absolute Gasteiger partial charge is 0.507 e. The fourth-order valence-corrected chi connectivity index (χ4v) is 12.4. The number of imidazole rings is 2. The molecule has 0 saturated heterocycles. The van der Waals surface area contributed by atoms with E-state index in [1.807, 2.05) is 6.20 Å². The van der Waals surface area contributed by atoms with E-state index in [0.29, 0.717) is 0 Å². The summed E-state index contributed by atoms with van der Waals surface area (Å²) in [5.74, 6) is 1.39. The van der Waals surface area contributed by atoms with Gasteiger partial charge in [-0.2, -0.15) is 0 Å². The van der Waals surface area contributed by atoms with Crippen LogP contribution in [0.5, 0.6) is 5.75 Å². The van der Waals surface area contributed by atoms with Crippen LogP contribution in [0.15, 0.2) is 128 Å². The number of benzene rings is 7. The van der Waals surface area contributed by atoms with E-state index in [0.717, 1.165) is 100.0 Å². The van der Waals surface area contributed by atoms with Gasteiger partial charge in [0, 0.05) is 54.7 Å². The van der Waals surface area contributed by atoms with Crippen molar-refractivity contribution in [2.45, 2.75) is 138 Å². The van der Waals surface area contributed by atoms with Crippen molar-refractivity contribution in [1.29, 1.82) is 0 Å². The van der Waals surface area contributed by atoms with Crippen molar-refractivity contribution in [3.63, 3.8) is 0 Å². The zero-order valence-corrected chi connectivity index (χ0v) is 50.6. The number of pyridine rings is 2. The monoisotopic (exact) mass is 1200 g/mol. The number of aromatic hydroxyl groups is 1. The Morgan fingerprint density at radius 2 is 1.16 bits per heavy atom. The van der Waals surface area contributed by atoms with Crippen LogP contribution in [0.2, 0.25) is 19.6 Å². The number of nitrogens with zero attached hydrogens (tertiary/aromatic N) is 5. The molecule has 0 aliphatic carbocycles. The van der Waals surface area contributed by atoms with Gasteiger partial charge in [-0.1, -0.05) is 217 Å². The van der Waals surface area contributed by atoms with Crippen LogP contribution in [0, 0.1) is 6.07 Å². The third-order valence-corrected chi connectivity index (χ3v) is 17.6. The van der Waals surface area contributed by atoms with Gasteiger partial charge in [0.15, 0.2) is 0 Å². The van der Waals surface area contributed by atoms with Crippen molar-refractivity contribution in [1.82, 2.24) is 23.9 Å². The van der Waals surface area contributed by atoms with Crippen LogP contribution in [0.25, 0.3) is 99.6 Å². The van der Waals surface area contributed by atoms with Crippen molar-refractivity contribution in [3.05, 3.63) is 161 Å². The van der Waals surface area contributed by atoms with Gasteiger partial charge in [0.05, 0.1) is 41.4 Å². The molecule has 6 nitrogen and oxygen atoms in total. The Kier molecular flexibility index (Phi) is 13.0. The topological polar surface area (TPSA) is 68.2 Å². The first-order valence-electron chi connectivity index (χ1n) is 27.0. The first-order chi connectivity index (χ1) is 35.3. The number of rotatable bonds is 7. The van der Waals surface area contributed by atoms with Gasteiger partial charge in [-0.3, -0.25) is 14.0 Å². The molecule has 0 radical (unpaired) electrons. The van der Waals surface area contributed by atoms with Crippen molar-refractivity contribution in [2.24, 2.45) is 0 Å². The van der Waals surface area contributed by atoms with Crippen LogP contribution in [0.4, 0.5) is 0 Å². The van der Waals surface area contributed by atoms with E-state index in [9.17, 15) is 5.11 Å². The second kappa shape index (κ2) is 18.7. The minimum absolute atomic E-state index is 0. The molecule has 4 aromatic heterocycles. The molecule has 0 aliphatic rings. The summed E-state index contributed by atoms with van der Waals surface area (Å²) in [5.41, 5.74) is 16.3. The average Bonchev–Trinajstić information content (AvgIpc) is 4.02. The van der Waals surface area contributed by atoms with Crippen LogP contribution in [0.1, 0.15) is 130 Å². The molecule has 0 aliphatic heterocycles. The Hall–Kier alpha value is -6.40. The Balaban J connectivity index is 0.00000657. The summed E-state index contributed by atoms with van der Waals surface area (Å²) in [5, 5.41) is 20.1. The Labute approximate surface area is 464 Å². The molecule has 0 atom stereocenters. The Bertz CT molecular complexity index is 4100. The molecule has 1 N–H and O–H groups in total.